The molecule has 0 bridgehead atoms. The van der Waals surface area contributed by atoms with Gasteiger partial charge in [0.1, 0.15) is 0 Å². The molecule has 3 heteroatoms. The number of hydrogen-bond acceptors (Lipinski definition) is 2. The van der Waals surface area contributed by atoms with Crippen molar-refractivity contribution in [1.29, 1.82) is 0 Å². The molecule has 0 aromatic heterocycles. The lowest BCUT2D eigenvalue weighted by Crippen LogP contribution is -2.15. The fourth-order valence-corrected chi connectivity index (χ4v) is 1.15. The number of hydrogen-bond donors (Lipinski definition) is 0. The van der Waals surface area contributed by atoms with Gasteiger partial charge in [-0.25, -0.2) is 5.01 Å². The van der Waals surface area contributed by atoms with E-state index in [0.29, 0.717) is 6.54 Å². The Balaban J connectivity index is 2.79. The van der Waals surface area contributed by atoms with Gasteiger partial charge in [-0.3, -0.25) is 0 Å². The summed E-state index contributed by atoms with van der Waals surface area (Å²) in [5.74, 6) is 0. The van der Waals surface area contributed by atoms with Crippen LogP contribution in [0.25, 0.3) is 0 Å². The summed E-state index contributed by atoms with van der Waals surface area (Å²) in [5, 5.41) is 4.43. The molecule has 0 spiro atoms. The highest BCUT2D eigenvalue weighted by atomic mass is 16.3. The predicted molar refractivity (Wildman–Crippen MR) is 54.6 cm³/mol. The van der Waals surface area contributed by atoms with Crippen LogP contribution in [0.1, 0.15) is 18.9 Å². The van der Waals surface area contributed by atoms with Crippen molar-refractivity contribution in [3.05, 3.63) is 34.7 Å². The van der Waals surface area contributed by atoms with Crippen LogP contribution in [0, 0.1) is 11.8 Å². The largest absolute Gasteiger partial charge is 0.229 e. The SMILES string of the molecule is CCCN(N=O)c1ccc(C)cc1. The molecule has 1 rings (SSSR count). The third-order valence-corrected chi connectivity index (χ3v) is 1.87. The van der Waals surface area contributed by atoms with E-state index in [4.69, 9.17) is 0 Å². The number of anilines is 1. The molecule has 0 fully saturated rings. The Kier molecular flexibility index (Phi) is 3.43. The zero-order chi connectivity index (χ0) is 9.68. The lowest BCUT2D eigenvalue weighted by atomic mass is 10.2. The second kappa shape index (κ2) is 4.60. The van der Waals surface area contributed by atoms with Crippen molar-refractivity contribution in [3.63, 3.8) is 0 Å². The zero-order valence-electron chi connectivity index (χ0n) is 8.03. The molecule has 0 aliphatic heterocycles. The lowest BCUT2D eigenvalue weighted by molar-refractivity contribution is 0.801. The number of nitroso groups, excluding NO2 is 1. The number of rotatable bonds is 4. The molecule has 0 N–H and O–H groups in total. The Morgan fingerprint density at radius 2 is 1.92 bits per heavy atom. The summed E-state index contributed by atoms with van der Waals surface area (Å²) in [6.45, 7) is 4.71. The second-order valence-electron chi connectivity index (χ2n) is 3.04. The molecule has 0 amide bonds. The molecular formula is C10H14N2O. The van der Waals surface area contributed by atoms with E-state index in [0.717, 1.165) is 12.1 Å². The standard InChI is InChI=1S/C10H14N2O/c1-3-8-12(11-13)10-6-4-9(2)5-7-10/h4-7H,3,8H2,1-2H3. The van der Waals surface area contributed by atoms with E-state index in [-0.39, 0.29) is 0 Å². The van der Waals surface area contributed by atoms with Gasteiger partial charge in [0.15, 0.2) is 0 Å². The van der Waals surface area contributed by atoms with Gasteiger partial charge in [0.05, 0.1) is 11.0 Å². The normalized spacial score (nSPS) is 9.69. The van der Waals surface area contributed by atoms with Crippen LogP contribution < -0.4 is 5.01 Å². The van der Waals surface area contributed by atoms with Crippen LogP contribution in [0.2, 0.25) is 0 Å². The molecule has 0 saturated carbocycles. The summed E-state index contributed by atoms with van der Waals surface area (Å²) in [5.41, 5.74) is 2.05. The third-order valence-electron chi connectivity index (χ3n) is 1.87. The van der Waals surface area contributed by atoms with Crippen molar-refractivity contribution in [1.82, 2.24) is 0 Å². The summed E-state index contributed by atoms with van der Waals surface area (Å²) >= 11 is 0. The molecule has 3 nitrogen and oxygen atoms in total. The minimum Gasteiger partial charge on any atom is -0.229 e. The van der Waals surface area contributed by atoms with Gasteiger partial charge in [-0.2, -0.15) is 0 Å². The van der Waals surface area contributed by atoms with E-state index in [9.17, 15) is 4.91 Å². The summed E-state index contributed by atoms with van der Waals surface area (Å²) in [6, 6.07) is 7.77. The highest BCUT2D eigenvalue weighted by molar-refractivity contribution is 5.46. The topological polar surface area (TPSA) is 32.7 Å². The first-order valence-electron chi connectivity index (χ1n) is 4.45. The van der Waals surface area contributed by atoms with E-state index in [1.807, 2.05) is 38.1 Å². The van der Waals surface area contributed by atoms with Crippen LogP contribution in [0.5, 0.6) is 0 Å². The van der Waals surface area contributed by atoms with Crippen LogP contribution >= 0.6 is 0 Å². The van der Waals surface area contributed by atoms with Crippen LogP contribution in [-0.2, 0) is 0 Å². The zero-order valence-corrected chi connectivity index (χ0v) is 8.03. The fourth-order valence-electron chi connectivity index (χ4n) is 1.15. The smallest absolute Gasteiger partial charge is 0.0626 e. The minimum atomic E-state index is 0.673. The van der Waals surface area contributed by atoms with E-state index in [1.165, 1.54) is 10.6 Å². The maximum absolute atomic E-state index is 10.5. The Bertz CT molecular complexity index is 269. The highest BCUT2D eigenvalue weighted by Gasteiger charge is 2.03. The van der Waals surface area contributed by atoms with Crippen molar-refractivity contribution in [2.75, 3.05) is 11.6 Å². The molecule has 0 heterocycles. The predicted octanol–water partition coefficient (Wildman–Crippen LogP) is 2.89. The van der Waals surface area contributed by atoms with Gasteiger partial charge in [-0.05, 0) is 25.5 Å². The van der Waals surface area contributed by atoms with Crippen molar-refractivity contribution in [2.45, 2.75) is 20.3 Å². The average molecular weight is 178 g/mol. The quantitative estimate of drug-likeness (QED) is 0.524. The molecule has 0 aliphatic carbocycles. The summed E-state index contributed by atoms with van der Waals surface area (Å²) in [7, 11) is 0. The Labute approximate surface area is 78.3 Å². The molecule has 70 valence electrons. The first kappa shape index (κ1) is 9.71. The molecule has 1 aromatic rings. The maximum Gasteiger partial charge on any atom is 0.0626 e. The van der Waals surface area contributed by atoms with Gasteiger partial charge in [0.25, 0.3) is 0 Å². The fraction of sp³-hybridized carbons (Fsp3) is 0.400. The van der Waals surface area contributed by atoms with Crippen LogP contribution in [0.15, 0.2) is 29.6 Å². The summed E-state index contributed by atoms with van der Waals surface area (Å²) < 4.78 is 0. The molecule has 1 aromatic carbocycles. The highest BCUT2D eigenvalue weighted by Crippen LogP contribution is 2.15. The number of aryl methyl sites for hydroxylation is 1. The van der Waals surface area contributed by atoms with E-state index >= 15 is 0 Å². The van der Waals surface area contributed by atoms with Gasteiger partial charge < -0.3 is 0 Å². The summed E-state index contributed by atoms with van der Waals surface area (Å²) in [4.78, 5) is 10.5. The average Bonchev–Trinajstić information content (AvgIpc) is 2.16. The Hall–Kier alpha value is -1.38. The molecule has 13 heavy (non-hydrogen) atoms. The molecular weight excluding hydrogens is 164 g/mol. The van der Waals surface area contributed by atoms with E-state index in [1.54, 1.807) is 0 Å². The van der Waals surface area contributed by atoms with Gasteiger partial charge >= 0.3 is 0 Å². The Morgan fingerprint density at radius 3 is 2.38 bits per heavy atom. The molecule has 0 saturated heterocycles. The molecule has 0 unspecified atom stereocenters. The van der Waals surface area contributed by atoms with Gasteiger partial charge in [-0.1, -0.05) is 24.6 Å². The van der Waals surface area contributed by atoms with Crippen molar-refractivity contribution in [3.8, 4) is 0 Å². The van der Waals surface area contributed by atoms with Gasteiger partial charge in [0.2, 0.25) is 0 Å². The monoisotopic (exact) mass is 178 g/mol. The van der Waals surface area contributed by atoms with Gasteiger partial charge in [0, 0.05) is 6.54 Å². The maximum atomic E-state index is 10.5. The van der Waals surface area contributed by atoms with Crippen molar-refractivity contribution >= 4 is 5.69 Å². The second-order valence-corrected chi connectivity index (χ2v) is 3.04. The Morgan fingerprint density at radius 1 is 1.31 bits per heavy atom. The lowest BCUT2D eigenvalue weighted by Gasteiger charge is -2.13. The number of benzene rings is 1. The minimum absolute atomic E-state index is 0.673. The first-order chi connectivity index (χ1) is 6.27. The first-order valence-corrected chi connectivity index (χ1v) is 4.45. The molecule has 0 atom stereocenters. The third kappa shape index (κ3) is 2.54. The van der Waals surface area contributed by atoms with Crippen LogP contribution in [-0.4, -0.2) is 6.54 Å². The summed E-state index contributed by atoms with van der Waals surface area (Å²) in [6.07, 6.45) is 0.916. The van der Waals surface area contributed by atoms with Crippen molar-refractivity contribution in [2.24, 2.45) is 5.29 Å². The molecule has 0 radical (unpaired) electrons. The van der Waals surface area contributed by atoms with Crippen LogP contribution in [0.4, 0.5) is 5.69 Å². The van der Waals surface area contributed by atoms with Gasteiger partial charge in [-0.15, -0.1) is 4.91 Å². The van der Waals surface area contributed by atoms with E-state index in [2.05, 4.69) is 5.29 Å². The number of nitrogens with zero attached hydrogens (tertiary/aromatic N) is 2. The van der Waals surface area contributed by atoms with Crippen molar-refractivity contribution < 1.29 is 0 Å². The molecule has 0 aliphatic rings. The van der Waals surface area contributed by atoms with E-state index < -0.39 is 0 Å². The van der Waals surface area contributed by atoms with Crippen LogP contribution in [0.3, 0.4) is 0 Å².